The molecule has 0 radical (unpaired) electrons. The van der Waals surface area contributed by atoms with E-state index in [1.54, 1.807) is 19.1 Å². The molecule has 6 heteroatoms. The van der Waals surface area contributed by atoms with Gasteiger partial charge in [-0.25, -0.2) is 0 Å². The van der Waals surface area contributed by atoms with Crippen LogP contribution < -0.4 is 4.74 Å². The van der Waals surface area contributed by atoms with E-state index >= 15 is 0 Å². The fourth-order valence-electron chi connectivity index (χ4n) is 4.87. The third kappa shape index (κ3) is 4.54. The molecule has 1 aliphatic carbocycles. The van der Waals surface area contributed by atoms with Gasteiger partial charge in [0.2, 0.25) is 5.82 Å². The molecule has 2 atom stereocenters. The Morgan fingerprint density at radius 3 is 2.82 bits per heavy atom. The number of carbonyl (C=O) groups excluding carboxylic acids is 1. The van der Waals surface area contributed by atoms with Crippen molar-refractivity contribution < 1.29 is 14.1 Å². The van der Waals surface area contributed by atoms with Gasteiger partial charge in [0.05, 0.1) is 11.7 Å². The van der Waals surface area contributed by atoms with Crippen LogP contribution >= 0.6 is 0 Å². The molecule has 33 heavy (non-hydrogen) atoms. The van der Waals surface area contributed by atoms with E-state index in [1.807, 2.05) is 32.0 Å². The minimum absolute atomic E-state index is 0.0260. The molecule has 0 amide bonds. The summed E-state index contributed by atoms with van der Waals surface area (Å²) in [4.78, 5) is 17.0. The Morgan fingerprint density at radius 2 is 2.12 bits per heavy atom. The van der Waals surface area contributed by atoms with E-state index in [9.17, 15) is 10.1 Å². The number of aromatic nitrogens is 2. The third-order valence-electron chi connectivity index (χ3n) is 6.30. The number of fused-ring (bicyclic) bond motifs is 1. The Labute approximate surface area is 194 Å². The van der Waals surface area contributed by atoms with Gasteiger partial charge in [-0.3, -0.25) is 4.79 Å². The zero-order chi connectivity index (χ0) is 23.5. The molecule has 4 rings (SSSR count). The van der Waals surface area contributed by atoms with E-state index in [2.05, 4.69) is 29.2 Å². The molecule has 1 heterocycles. The molecule has 1 unspecified atom stereocenters. The molecule has 0 spiro atoms. The summed E-state index contributed by atoms with van der Waals surface area (Å²) >= 11 is 0. The van der Waals surface area contributed by atoms with Crippen LogP contribution in [0.4, 0.5) is 0 Å². The second-order valence-corrected chi connectivity index (χ2v) is 8.94. The van der Waals surface area contributed by atoms with Crippen LogP contribution in [0.3, 0.4) is 0 Å². The van der Waals surface area contributed by atoms with Crippen LogP contribution in [-0.2, 0) is 11.2 Å². The van der Waals surface area contributed by atoms with Gasteiger partial charge < -0.3 is 9.26 Å². The normalized spacial score (nSPS) is 15.8. The van der Waals surface area contributed by atoms with Crippen LogP contribution in [0.15, 0.2) is 40.9 Å². The summed E-state index contributed by atoms with van der Waals surface area (Å²) in [5.74, 6) is 1.99. The van der Waals surface area contributed by atoms with Crippen LogP contribution in [0.5, 0.6) is 5.75 Å². The van der Waals surface area contributed by atoms with E-state index in [-0.39, 0.29) is 23.7 Å². The Kier molecular flexibility index (Phi) is 6.60. The van der Waals surface area contributed by atoms with Gasteiger partial charge in [-0.1, -0.05) is 36.7 Å². The molecular formula is C27H29N3O3. The fraction of sp³-hybridized carbons (Fsp3) is 0.407. The summed E-state index contributed by atoms with van der Waals surface area (Å²) in [6.07, 6.45) is 3.74. The Bertz CT molecular complexity index is 1210. The molecule has 170 valence electrons. The number of ketones is 1. The third-order valence-corrected chi connectivity index (χ3v) is 6.30. The maximum atomic E-state index is 12.3. The number of rotatable bonds is 8. The fourth-order valence-corrected chi connectivity index (χ4v) is 4.87. The minimum atomic E-state index is -0.0260. The number of hydrogen-bond acceptors (Lipinski definition) is 6. The van der Waals surface area contributed by atoms with Gasteiger partial charge in [-0.2, -0.15) is 10.2 Å². The molecule has 0 saturated carbocycles. The molecule has 0 saturated heterocycles. The highest BCUT2D eigenvalue weighted by molar-refractivity contribution is 5.80. The maximum absolute atomic E-state index is 12.3. The molecule has 0 bridgehead atoms. The predicted molar refractivity (Wildman–Crippen MR) is 126 cm³/mol. The monoisotopic (exact) mass is 443 g/mol. The lowest BCUT2D eigenvalue weighted by molar-refractivity contribution is -0.121. The number of Topliss-reactive ketones (excluding diaryl/α,β-unsaturated/α-hetero) is 1. The number of carbonyl (C=O) groups is 1. The summed E-state index contributed by atoms with van der Waals surface area (Å²) in [6.45, 7) is 7.68. The number of hydrogen-bond donors (Lipinski definition) is 0. The summed E-state index contributed by atoms with van der Waals surface area (Å²) in [5, 5.41) is 13.8. The van der Waals surface area contributed by atoms with E-state index in [1.165, 1.54) is 11.1 Å². The largest absolute Gasteiger partial charge is 0.490 e. The van der Waals surface area contributed by atoms with Crippen molar-refractivity contribution in [1.82, 2.24) is 10.1 Å². The number of ether oxygens (including phenoxy) is 1. The van der Waals surface area contributed by atoms with Gasteiger partial charge >= 0.3 is 0 Å². The van der Waals surface area contributed by atoms with Gasteiger partial charge in [0, 0.05) is 17.0 Å². The molecule has 3 aromatic rings. The standard InChI is InChI=1S/C27H29N3O3/c1-5-7-20(17(4)31)22-11-12-23-21(22)8-6-9-24(23)26-29-27(33-30-26)18-10-13-25(32-16(2)3)19(14-18)15-28/h6,8-10,13-14,16,20,22H,5,7,11-12H2,1-4H3/t20?,22-/m0/s1. The Hall–Kier alpha value is -3.46. The van der Waals surface area contributed by atoms with Gasteiger partial charge in [-0.05, 0) is 75.3 Å². The summed E-state index contributed by atoms with van der Waals surface area (Å²) in [5.41, 5.74) is 4.48. The predicted octanol–water partition coefficient (Wildman–Crippen LogP) is 6.10. The van der Waals surface area contributed by atoms with Crippen molar-refractivity contribution in [3.8, 4) is 34.7 Å². The number of benzene rings is 2. The lowest BCUT2D eigenvalue weighted by atomic mass is 9.81. The highest BCUT2D eigenvalue weighted by Crippen LogP contribution is 2.44. The second-order valence-electron chi connectivity index (χ2n) is 8.94. The molecule has 1 aliphatic rings. The molecule has 0 fully saturated rings. The van der Waals surface area contributed by atoms with Crippen molar-refractivity contribution in [2.24, 2.45) is 5.92 Å². The van der Waals surface area contributed by atoms with E-state index in [0.717, 1.165) is 31.2 Å². The Balaban J connectivity index is 1.66. The van der Waals surface area contributed by atoms with E-state index < -0.39 is 0 Å². The quantitative estimate of drug-likeness (QED) is 0.418. The molecule has 2 aromatic carbocycles. The van der Waals surface area contributed by atoms with Crippen molar-refractivity contribution in [3.63, 3.8) is 0 Å². The second kappa shape index (κ2) is 9.58. The van der Waals surface area contributed by atoms with Gasteiger partial charge in [0.1, 0.15) is 17.6 Å². The molecule has 6 nitrogen and oxygen atoms in total. The highest BCUT2D eigenvalue weighted by Gasteiger charge is 2.33. The Morgan fingerprint density at radius 1 is 1.30 bits per heavy atom. The van der Waals surface area contributed by atoms with E-state index in [0.29, 0.717) is 28.6 Å². The molecule has 1 aromatic heterocycles. The first-order valence-corrected chi connectivity index (χ1v) is 11.6. The lowest BCUT2D eigenvalue weighted by Gasteiger charge is -2.21. The number of nitrogens with zero attached hydrogens (tertiary/aromatic N) is 3. The van der Waals surface area contributed by atoms with Crippen molar-refractivity contribution in [2.45, 2.75) is 65.4 Å². The first-order chi connectivity index (χ1) is 15.9. The molecular weight excluding hydrogens is 414 g/mol. The number of nitriles is 1. The summed E-state index contributed by atoms with van der Waals surface area (Å²) < 4.78 is 11.3. The van der Waals surface area contributed by atoms with Crippen LogP contribution in [0.2, 0.25) is 0 Å². The smallest absolute Gasteiger partial charge is 0.258 e. The maximum Gasteiger partial charge on any atom is 0.258 e. The van der Waals surface area contributed by atoms with Crippen LogP contribution in [0.25, 0.3) is 22.8 Å². The first-order valence-electron chi connectivity index (χ1n) is 11.6. The zero-order valence-corrected chi connectivity index (χ0v) is 19.6. The summed E-state index contributed by atoms with van der Waals surface area (Å²) in [7, 11) is 0. The highest BCUT2D eigenvalue weighted by atomic mass is 16.5. The summed E-state index contributed by atoms with van der Waals surface area (Å²) in [6, 6.07) is 13.6. The van der Waals surface area contributed by atoms with Crippen molar-refractivity contribution in [2.75, 3.05) is 0 Å². The SMILES string of the molecule is CCCC(C(C)=O)[C@@H]1CCc2c(-c3noc(-c4ccc(OC(C)C)c(C#N)c4)n3)cccc21. The first kappa shape index (κ1) is 22.7. The van der Waals surface area contributed by atoms with Gasteiger partial charge in [-0.15, -0.1) is 0 Å². The van der Waals surface area contributed by atoms with Crippen molar-refractivity contribution in [3.05, 3.63) is 53.1 Å². The average Bonchev–Trinajstić information content (AvgIpc) is 3.45. The van der Waals surface area contributed by atoms with Gasteiger partial charge in [0.15, 0.2) is 0 Å². The van der Waals surface area contributed by atoms with Crippen molar-refractivity contribution >= 4 is 5.78 Å². The lowest BCUT2D eigenvalue weighted by Crippen LogP contribution is -2.18. The van der Waals surface area contributed by atoms with Crippen molar-refractivity contribution in [1.29, 1.82) is 5.26 Å². The van der Waals surface area contributed by atoms with Crippen LogP contribution in [-0.4, -0.2) is 22.0 Å². The average molecular weight is 444 g/mol. The zero-order valence-electron chi connectivity index (χ0n) is 19.6. The topological polar surface area (TPSA) is 89.0 Å². The van der Waals surface area contributed by atoms with E-state index in [4.69, 9.17) is 9.26 Å². The molecule has 0 N–H and O–H groups in total. The van der Waals surface area contributed by atoms with Crippen LogP contribution in [0.1, 0.15) is 69.6 Å². The molecule has 0 aliphatic heterocycles. The van der Waals surface area contributed by atoms with Gasteiger partial charge in [0.25, 0.3) is 5.89 Å². The minimum Gasteiger partial charge on any atom is -0.490 e. The van der Waals surface area contributed by atoms with Crippen LogP contribution in [0, 0.1) is 17.2 Å².